The van der Waals surface area contributed by atoms with Crippen LogP contribution in [0, 0.1) is 11.3 Å². The summed E-state index contributed by atoms with van der Waals surface area (Å²) < 4.78 is 41.6. The monoisotopic (exact) mass is 474 g/mol. The number of nitrogens with zero attached hydrogens (tertiary/aromatic N) is 5. The molecule has 0 fully saturated rings. The lowest BCUT2D eigenvalue weighted by Crippen LogP contribution is -2.16. The largest absolute Gasteiger partial charge is 0.433 e. The molecular weight excluding hydrogens is 461 g/mol. The van der Waals surface area contributed by atoms with Crippen LogP contribution in [-0.2, 0) is 19.0 Å². The van der Waals surface area contributed by atoms with Gasteiger partial charge in [0.05, 0.1) is 16.1 Å². The van der Waals surface area contributed by atoms with E-state index in [1.807, 2.05) is 0 Å². The maximum atomic E-state index is 13.7. The number of halogens is 3. The number of amides is 1. The second-order valence-electron chi connectivity index (χ2n) is 7.13. The summed E-state index contributed by atoms with van der Waals surface area (Å²) in [5, 5.41) is 18.0. The molecular formula is C20H13F3N6OS2. The quantitative estimate of drug-likeness (QED) is 0.454. The zero-order chi connectivity index (χ0) is 22.5. The maximum absolute atomic E-state index is 13.7. The standard InChI is InChI=1S/C20H13F3N6OS2/c21-20(22,23)15-8-12(14-6-3-7-31-14)25-19-26-16(28-29(15)19)17(30)27-18-11(9-24)10-4-1-2-5-13(10)32-18/h3,6-8H,1-2,4-5H2,(H,27,30). The lowest BCUT2D eigenvalue weighted by Gasteiger charge is -2.09. The van der Waals surface area contributed by atoms with Crippen LogP contribution in [0.3, 0.4) is 0 Å². The van der Waals surface area contributed by atoms with Crippen molar-refractivity contribution in [2.75, 3.05) is 5.32 Å². The Kier molecular flexibility index (Phi) is 4.94. The third-order valence-electron chi connectivity index (χ3n) is 5.09. The first kappa shape index (κ1) is 20.6. The molecule has 1 aliphatic carbocycles. The van der Waals surface area contributed by atoms with E-state index in [0.717, 1.165) is 42.2 Å². The van der Waals surface area contributed by atoms with Crippen molar-refractivity contribution >= 4 is 39.4 Å². The van der Waals surface area contributed by atoms with Crippen LogP contribution in [0.4, 0.5) is 18.2 Å². The summed E-state index contributed by atoms with van der Waals surface area (Å²) >= 11 is 2.55. The number of aryl methyl sites for hydroxylation is 1. The zero-order valence-corrected chi connectivity index (χ0v) is 17.9. The Bertz CT molecular complexity index is 1380. The van der Waals surface area contributed by atoms with Crippen LogP contribution < -0.4 is 5.32 Å². The summed E-state index contributed by atoms with van der Waals surface area (Å²) in [5.74, 6) is -1.59. The first-order chi connectivity index (χ1) is 15.3. The van der Waals surface area contributed by atoms with E-state index in [-0.39, 0.29) is 11.5 Å². The fraction of sp³-hybridized carbons (Fsp3) is 0.250. The molecule has 4 aromatic rings. The van der Waals surface area contributed by atoms with Crippen molar-refractivity contribution in [2.45, 2.75) is 31.9 Å². The Morgan fingerprint density at radius 2 is 2.06 bits per heavy atom. The van der Waals surface area contributed by atoms with E-state index in [9.17, 15) is 23.2 Å². The molecule has 1 N–H and O–H groups in total. The Morgan fingerprint density at radius 3 is 2.78 bits per heavy atom. The molecule has 0 unspecified atom stereocenters. The molecule has 0 saturated carbocycles. The van der Waals surface area contributed by atoms with Crippen LogP contribution in [0.15, 0.2) is 23.6 Å². The van der Waals surface area contributed by atoms with Crippen molar-refractivity contribution in [3.8, 4) is 16.6 Å². The molecule has 12 heteroatoms. The molecule has 0 atom stereocenters. The van der Waals surface area contributed by atoms with Crippen LogP contribution in [-0.4, -0.2) is 25.5 Å². The number of alkyl halides is 3. The maximum Gasteiger partial charge on any atom is 0.433 e. The minimum Gasteiger partial charge on any atom is -0.310 e. The highest BCUT2D eigenvalue weighted by Gasteiger charge is 2.36. The molecule has 0 aromatic carbocycles. The minimum atomic E-state index is -4.73. The molecule has 7 nitrogen and oxygen atoms in total. The van der Waals surface area contributed by atoms with Crippen molar-refractivity contribution in [1.29, 1.82) is 5.26 Å². The third kappa shape index (κ3) is 3.53. The van der Waals surface area contributed by atoms with Gasteiger partial charge in [-0.1, -0.05) is 6.07 Å². The molecule has 0 spiro atoms. The molecule has 0 radical (unpaired) electrons. The van der Waals surface area contributed by atoms with Gasteiger partial charge in [-0.3, -0.25) is 4.79 Å². The first-order valence-corrected chi connectivity index (χ1v) is 11.3. The summed E-state index contributed by atoms with van der Waals surface area (Å²) in [4.78, 5) is 22.5. The normalized spacial score (nSPS) is 13.7. The van der Waals surface area contributed by atoms with Crippen LogP contribution in [0.25, 0.3) is 16.3 Å². The Labute approximate surface area is 187 Å². The van der Waals surface area contributed by atoms with E-state index >= 15 is 0 Å². The van der Waals surface area contributed by atoms with Crippen molar-refractivity contribution < 1.29 is 18.0 Å². The molecule has 0 saturated heterocycles. The van der Waals surface area contributed by atoms with Gasteiger partial charge in [-0.05, 0) is 48.8 Å². The average Bonchev–Trinajstić information content (AvgIpc) is 3.49. The lowest BCUT2D eigenvalue weighted by atomic mass is 9.96. The summed E-state index contributed by atoms with van der Waals surface area (Å²) in [7, 11) is 0. The van der Waals surface area contributed by atoms with E-state index in [1.165, 1.54) is 22.7 Å². The van der Waals surface area contributed by atoms with Gasteiger partial charge in [0.25, 0.3) is 11.7 Å². The summed E-state index contributed by atoms with van der Waals surface area (Å²) in [6, 6.07) is 6.37. The molecule has 5 rings (SSSR count). The van der Waals surface area contributed by atoms with E-state index in [4.69, 9.17) is 0 Å². The molecule has 4 heterocycles. The number of rotatable bonds is 3. The molecule has 0 bridgehead atoms. The van der Waals surface area contributed by atoms with Crippen LogP contribution >= 0.6 is 22.7 Å². The van der Waals surface area contributed by atoms with Crippen molar-refractivity contribution in [1.82, 2.24) is 19.6 Å². The minimum absolute atomic E-state index is 0.0943. The van der Waals surface area contributed by atoms with Crippen LogP contribution in [0.1, 0.15) is 45.2 Å². The van der Waals surface area contributed by atoms with Gasteiger partial charge in [0.15, 0.2) is 5.69 Å². The summed E-state index contributed by atoms with van der Waals surface area (Å²) in [6.07, 6.45) is -1.14. The third-order valence-corrected chi connectivity index (χ3v) is 7.19. The predicted molar refractivity (Wildman–Crippen MR) is 113 cm³/mol. The highest BCUT2D eigenvalue weighted by Crippen LogP contribution is 2.38. The number of nitrogens with one attached hydrogen (secondary N) is 1. The molecule has 162 valence electrons. The molecule has 32 heavy (non-hydrogen) atoms. The van der Waals surface area contributed by atoms with Gasteiger partial charge in [-0.15, -0.1) is 27.8 Å². The highest BCUT2D eigenvalue weighted by molar-refractivity contribution is 7.16. The number of nitriles is 1. The van der Waals surface area contributed by atoms with E-state index in [1.54, 1.807) is 17.5 Å². The van der Waals surface area contributed by atoms with E-state index in [0.29, 0.717) is 20.0 Å². The van der Waals surface area contributed by atoms with E-state index in [2.05, 4.69) is 26.5 Å². The van der Waals surface area contributed by atoms with Crippen molar-refractivity contribution in [3.05, 3.63) is 51.1 Å². The van der Waals surface area contributed by atoms with Gasteiger partial charge in [0.1, 0.15) is 11.1 Å². The fourth-order valence-corrected chi connectivity index (χ4v) is 5.57. The topological polar surface area (TPSA) is 96.0 Å². The Balaban J connectivity index is 1.55. The SMILES string of the molecule is N#Cc1c(NC(=O)c2nc3nc(-c4cccs4)cc(C(F)(F)F)n3n2)sc2c1CCCC2. The van der Waals surface area contributed by atoms with Crippen LogP contribution in [0.2, 0.25) is 0 Å². The first-order valence-electron chi connectivity index (χ1n) is 9.60. The Morgan fingerprint density at radius 1 is 1.25 bits per heavy atom. The number of carbonyl (C=O) groups is 1. The summed E-state index contributed by atoms with van der Waals surface area (Å²) in [5.41, 5.74) is 0.346. The van der Waals surface area contributed by atoms with Gasteiger partial charge < -0.3 is 5.32 Å². The molecule has 0 aliphatic heterocycles. The average molecular weight is 474 g/mol. The Hall–Kier alpha value is -3.30. The number of thiophene rings is 2. The van der Waals surface area contributed by atoms with Gasteiger partial charge in [-0.25, -0.2) is 4.98 Å². The number of fused-ring (bicyclic) bond motifs is 2. The number of hydrogen-bond acceptors (Lipinski definition) is 7. The second kappa shape index (κ2) is 7.68. The van der Waals surface area contributed by atoms with Gasteiger partial charge in [-0.2, -0.15) is 27.9 Å². The molecule has 1 amide bonds. The van der Waals surface area contributed by atoms with Gasteiger partial charge >= 0.3 is 6.18 Å². The van der Waals surface area contributed by atoms with Gasteiger partial charge in [0.2, 0.25) is 5.82 Å². The van der Waals surface area contributed by atoms with Crippen LogP contribution in [0.5, 0.6) is 0 Å². The number of aromatic nitrogens is 4. The molecule has 1 aliphatic rings. The number of anilines is 1. The lowest BCUT2D eigenvalue weighted by molar-refractivity contribution is -0.142. The molecule has 4 aromatic heterocycles. The van der Waals surface area contributed by atoms with Gasteiger partial charge in [0, 0.05) is 4.88 Å². The number of carbonyl (C=O) groups excluding carboxylic acids is 1. The smallest absolute Gasteiger partial charge is 0.310 e. The second-order valence-corrected chi connectivity index (χ2v) is 9.18. The number of hydrogen-bond donors (Lipinski definition) is 1. The predicted octanol–water partition coefficient (Wildman–Crippen LogP) is 4.94. The zero-order valence-electron chi connectivity index (χ0n) is 16.2. The van der Waals surface area contributed by atoms with Crippen molar-refractivity contribution in [3.63, 3.8) is 0 Å². The highest BCUT2D eigenvalue weighted by atomic mass is 32.1. The van der Waals surface area contributed by atoms with Crippen molar-refractivity contribution in [2.24, 2.45) is 0 Å². The fourth-order valence-electron chi connectivity index (χ4n) is 3.65. The summed E-state index contributed by atoms with van der Waals surface area (Å²) in [6.45, 7) is 0. The van der Waals surface area contributed by atoms with E-state index < -0.39 is 23.6 Å².